The molecular formula is C10H14BrNO4. The number of ether oxygens (including phenoxy) is 2. The second kappa shape index (κ2) is 5.89. The number of hydrogen-bond acceptors (Lipinski definition) is 5. The van der Waals surface area contributed by atoms with Gasteiger partial charge in [0.2, 0.25) is 0 Å². The van der Waals surface area contributed by atoms with Crippen LogP contribution in [0, 0.1) is 0 Å². The summed E-state index contributed by atoms with van der Waals surface area (Å²) in [5.41, 5.74) is 0.576. The molecule has 0 radical (unpaired) electrons. The van der Waals surface area contributed by atoms with Crippen LogP contribution in [0.3, 0.4) is 0 Å². The lowest BCUT2D eigenvalue weighted by atomic mass is 10.3. The van der Waals surface area contributed by atoms with Crippen molar-refractivity contribution in [2.75, 3.05) is 6.61 Å². The van der Waals surface area contributed by atoms with Crippen LogP contribution in [0.25, 0.3) is 0 Å². The van der Waals surface area contributed by atoms with Gasteiger partial charge < -0.3 is 14.0 Å². The minimum Gasteiger partial charge on any atom is -0.473 e. The molecule has 1 aromatic heterocycles. The summed E-state index contributed by atoms with van der Waals surface area (Å²) in [7, 11) is 0. The third kappa shape index (κ3) is 2.98. The van der Waals surface area contributed by atoms with Crippen LogP contribution in [0.15, 0.2) is 4.52 Å². The van der Waals surface area contributed by atoms with Gasteiger partial charge in [-0.25, -0.2) is 4.79 Å². The van der Waals surface area contributed by atoms with Gasteiger partial charge in [-0.1, -0.05) is 15.9 Å². The minimum atomic E-state index is -0.525. The van der Waals surface area contributed by atoms with E-state index in [0.717, 1.165) is 0 Å². The second-order valence-corrected chi connectivity index (χ2v) is 3.88. The molecule has 0 bridgehead atoms. The fourth-order valence-corrected chi connectivity index (χ4v) is 1.58. The Labute approximate surface area is 102 Å². The van der Waals surface area contributed by atoms with E-state index in [-0.39, 0.29) is 11.9 Å². The minimum absolute atomic E-state index is 0.0297. The molecule has 0 atom stereocenters. The van der Waals surface area contributed by atoms with Crippen LogP contribution in [-0.4, -0.2) is 23.8 Å². The van der Waals surface area contributed by atoms with E-state index >= 15 is 0 Å². The van der Waals surface area contributed by atoms with Gasteiger partial charge in [-0.2, -0.15) is 0 Å². The lowest BCUT2D eigenvalue weighted by Gasteiger charge is -2.06. The van der Waals surface area contributed by atoms with Crippen molar-refractivity contribution < 1.29 is 18.8 Å². The molecule has 0 aromatic carbocycles. The first-order chi connectivity index (χ1) is 7.60. The number of hydrogen-bond donors (Lipinski definition) is 0. The third-order valence-electron chi connectivity index (χ3n) is 1.69. The molecule has 90 valence electrons. The van der Waals surface area contributed by atoms with E-state index in [1.165, 1.54) is 0 Å². The molecule has 0 N–H and O–H groups in total. The maximum absolute atomic E-state index is 11.5. The topological polar surface area (TPSA) is 61.6 Å². The van der Waals surface area contributed by atoms with Crippen molar-refractivity contribution in [1.82, 2.24) is 5.16 Å². The van der Waals surface area contributed by atoms with E-state index in [1.807, 2.05) is 13.8 Å². The fraction of sp³-hybridized carbons (Fsp3) is 0.600. The smallest absolute Gasteiger partial charge is 0.377 e. The Balaban J connectivity index is 2.94. The average Bonchev–Trinajstić information content (AvgIpc) is 2.60. The quantitative estimate of drug-likeness (QED) is 0.616. The van der Waals surface area contributed by atoms with Gasteiger partial charge in [-0.05, 0) is 25.9 Å². The van der Waals surface area contributed by atoms with Gasteiger partial charge in [-0.15, -0.1) is 0 Å². The van der Waals surface area contributed by atoms with Crippen LogP contribution in [0.4, 0.5) is 0 Å². The predicted molar refractivity (Wildman–Crippen MR) is 60.9 cm³/mol. The molecule has 5 nitrogen and oxygen atoms in total. The summed E-state index contributed by atoms with van der Waals surface area (Å²) < 4.78 is 15.2. The molecule has 6 heteroatoms. The largest absolute Gasteiger partial charge is 0.473 e. The first-order valence-corrected chi connectivity index (χ1v) is 6.10. The van der Waals surface area contributed by atoms with Gasteiger partial charge >= 0.3 is 5.97 Å². The van der Waals surface area contributed by atoms with Crippen LogP contribution >= 0.6 is 15.9 Å². The fourth-order valence-electron chi connectivity index (χ4n) is 1.09. The number of alkyl halides is 1. The van der Waals surface area contributed by atoms with E-state index < -0.39 is 5.97 Å². The van der Waals surface area contributed by atoms with Gasteiger partial charge in [0.25, 0.3) is 11.6 Å². The molecule has 1 aromatic rings. The van der Waals surface area contributed by atoms with E-state index in [1.54, 1.807) is 6.92 Å². The van der Waals surface area contributed by atoms with Crippen LogP contribution in [-0.2, 0) is 10.1 Å². The summed E-state index contributed by atoms with van der Waals surface area (Å²) in [6.45, 7) is 5.77. The Morgan fingerprint density at radius 3 is 2.75 bits per heavy atom. The van der Waals surface area contributed by atoms with Gasteiger partial charge in [0.1, 0.15) is 0 Å². The standard InChI is InChI=1S/C10H14BrNO4/c1-4-14-10(13)8-7(5-11)9(12-16-8)15-6(2)3/h6H,4-5H2,1-3H3. The molecule has 0 aliphatic heterocycles. The SMILES string of the molecule is CCOC(=O)c1onc(OC(C)C)c1CBr. The van der Waals surface area contributed by atoms with Crippen LogP contribution in [0.5, 0.6) is 5.88 Å². The van der Waals surface area contributed by atoms with Crippen molar-refractivity contribution in [3.63, 3.8) is 0 Å². The Morgan fingerprint density at radius 2 is 2.25 bits per heavy atom. The molecule has 0 saturated carbocycles. The third-order valence-corrected chi connectivity index (χ3v) is 2.25. The number of aromatic nitrogens is 1. The molecule has 1 heterocycles. The molecule has 0 spiro atoms. The zero-order chi connectivity index (χ0) is 12.1. The van der Waals surface area contributed by atoms with Crippen LogP contribution < -0.4 is 4.74 Å². The Morgan fingerprint density at radius 1 is 1.56 bits per heavy atom. The van der Waals surface area contributed by atoms with E-state index in [4.69, 9.17) is 14.0 Å². The molecule has 1 rings (SSSR count). The lowest BCUT2D eigenvalue weighted by molar-refractivity contribution is 0.0478. The molecule has 0 saturated heterocycles. The van der Waals surface area contributed by atoms with Crippen molar-refractivity contribution in [1.29, 1.82) is 0 Å². The Kier molecular flexibility index (Phi) is 4.79. The number of nitrogens with zero attached hydrogens (tertiary/aromatic N) is 1. The number of esters is 1. The number of rotatable bonds is 5. The summed E-state index contributed by atoms with van der Waals surface area (Å²) in [5.74, 6) is -0.104. The van der Waals surface area contributed by atoms with Gasteiger partial charge in [0.15, 0.2) is 0 Å². The highest BCUT2D eigenvalue weighted by atomic mass is 79.9. The molecule has 0 unspecified atom stereocenters. The molecule has 0 fully saturated rings. The summed E-state index contributed by atoms with van der Waals surface area (Å²) in [6.07, 6.45) is -0.0297. The van der Waals surface area contributed by atoms with Crippen LogP contribution in [0.1, 0.15) is 36.9 Å². The van der Waals surface area contributed by atoms with Crippen molar-refractivity contribution >= 4 is 21.9 Å². The van der Waals surface area contributed by atoms with E-state index in [2.05, 4.69) is 21.1 Å². The average molecular weight is 292 g/mol. The lowest BCUT2D eigenvalue weighted by Crippen LogP contribution is -2.09. The van der Waals surface area contributed by atoms with Gasteiger partial charge in [0.05, 0.1) is 18.3 Å². The summed E-state index contributed by atoms with van der Waals surface area (Å²) in [6, 6.07) is 0. The molecular weight excluding hydrogens is 278 g/mol. The van der Waals surface area contributed by atoms with Gasteiger partial charge in [-0.3, -0.25) is 0 Å². The zero-order valence-corrected chi connectivity index (χ0v) is 11.0. The molecule has 0 amide bonds. The highest BCUT2D eigenvalue weighted by Crippen LogP contribution is 2.25. The van der Waals surface area contributed by atoms with E-state index in [9.17, 15) is 4.79 Å². The zero-order valence-electron chi connectivity index (χ0n) is 9.45. The highest BCUT2D eigenvalue weighted by Gasteiger charge is 2.24. The summed E-state index contributed by atoms with van der Waals surface area (Å²) >= 11 is 3.26. The second-order valence-electron chi connectivity index (χ2n) is 3.32. The van der Waals surface area contributed by atoms with Crippen LogP contribution in [0.2, 0.25) is 0 Å². The molecule has 0 aliphatic carbocycles. The normalized spacial score (nSPS) is 10.6. The maximum atomic E-state index is 11.5. The Hall–Kier alpha value is -1.04. The first-order valence-electron chi connectivity index (χ1n) is 4.98. The molecule has 0 aliphatic rings. The van der Waals surface area contributed by atoms with Crippen molar-refractivity contribution in [2.24, 2.45) is 0 Å². The van der Waals surface area contributed by atoms with E-state index in [0.29, 0.717) is 23.4 Å². The van der Waals surface area contributed by atoms with Crippen molar-refractivity contribution in [2.45, 2.75) is 32.2 Å². The number of carbonyl (C=O) groups excluding carboxylic acids is 1. The first kappa shape index (κ1) is 13.0. The summed E-state index contributed by atoms with van der Waals surface area (Å²) in [5, 5.41) is 4.13. The van der Waals surface area contributed by atoms with Crippen molar-refractivity contribution in [3.8, 4) is 5.88 Å². The van der Waals surface area contributed by atoms with Crippen molar-refractivity contribution in [3.05, 3.63) is 11.3 Å². The maximum Gasteiger partial charge on any atom is 0.377 e. The Bertz CT molecular complexity index is 362. The highest BCUT2D eigenvalue weighted by molar-refractivity contribution is 9.08. The molecule has 16 heavy (non-hydrogen) atoms. The number of halogens is 1. The summed E-state index contributed by atoms with van der Waals surface area (Å²) in [4.78, 5) is 11.5. The number of carbonyl (C=O) groups is 1. The monoisotopic (exact) mass is 291 g/mol. The predicted octanol–water partition coefficient (Wildman–Crippen LogP) is 2.53. The van der Waals surface area contributed by atoms with Gasteiger partial charge in [0, 0.05) is 5.33 Å².